The number of carbonyl (C=O) groups excluding carboxylic acids is 1. The monoisotopic (exact) mass is 563 g/mol. The minimum atomic E-state index is -3.63. The Labute approximate surface area is 232 Å². The summed E-state index contributed by atoms with van der Waals surface area (Å²) in [5, 5.41) is 14.9. The fourth-order valence-electron chi connectivity index (χ4n) is 4.95. The number of amides is 1. The van der Waals surface area contributed by atoms with Gasteiger partial charge in [0.05, 0.1) is 24.0 Å². The number of anilines is 1. The maximum absolute atomic E-state index is 13.3. The van der Waals surface area contributed by atoms with E-state index in [-0.39, 0.29) is 34.9 Å². The summed E-state index contributed by atoms with van der Waals surface area (Å²) in [6, 6.07) is 19.9. The van der Waals surface area contributed by atoms with Crippen molar-refractivity contribution in [3.63, 3.8) is 0 Å². The third kappa shape index (κ3) is 6.54. The van der Waals surface area contributed by atoms with E-state index in [1.165, 1.54) is 23.8 Å². The maximum Gasteiger partial charge on any atom is 0.251 e. The number of nitrogens with one attached hydrogen (secondary N) is 3. The van der Waals surface area contributed by atoms with Gasteiger partial charge in [-0.15, -0.1) is 10.2 Å². The van der Waals surface area contributed by atoms with Crippen molar-refractivity contribution in [2.24, 2.45) is 0 Å². The van der Waals surface area contributed by atoms with Crippen LogP contribution in [0.15, 0.2) is 77.2 Å². The Morgan fingerprint density at radius 1 is 1.07 bits per heavy atom. The molecule has 0 saturated carbocycles. The number of nitrogens with zero attached hydrogens (tertiary/aromatic N) is 2. The Hall–Kier alpha value is -4.09. The summed E-state index contributed by atoms with van der Waals surface area (Å²) in [7, 11) is -3.63. The molecule has 1 aliphatic heterocycles. The van der Waals surface area contributed by atoms with E-state index in [0.717, 1.165) is 31.2 Å². The van der Waals surface area contributed by atoms with E-state index in [4.69, 9.17) is 4.42 Å². The molecule has 4 aromatic rings. The number of piperidine rings is 1. The topological polar surface area (TPSA) is 126 Å². The van der Waals surface area contributed by atoms with Crippen LogP contribution >= 0.6 is 0 Å². The molecule has 0 bridgehead atoms. The van der Waals surface area contributed by atoms with Gasteiger partial charge >= 0.3 is 0 Å². The van der Waals surface area contributed by atoms with Crippen molar-refractivity contribution >= 4 is 21.6 Å². The first-order valence-electron chi connectivity index (χ1n) is 13.0. The van der Waals surface area contributed by atoms with Crippen LogP contribution in [0.25, 0.3) is 11.5 Å². The molecule has 0 unspecified atom stereocenters. The van der Waals surface area contributed by atoms with Gasteiger partial charge in [-0.05, 0) is 67.8 Å². The molecule has 0 spiro atoms. The summed E-state index contributed by atoms with van der Waals surface area (Å²) >= 11 is 0. The van der Waals surface area contributed by atoms with Crippen LogP contribution < -0.4 is 15.4 Å². The first kappa shape index (κ1) is 27.5. The smallest absolute Gasteiger partial charge is 0.251 e. The van der Waals surface area contributed by atoms with Crippen LogP contribution in [0.3, 0.4) is 0 Å². The van der Waals surface area contributed by atoms with Gasteiger partial charge < -0.3 is 15.1 Å². The number of hydrogen-bond acceptors (Lipinski definition) is 7. The second-order valence-electron chi connectivity index (χ2n) is 9.96. The average Bonchev–Trinajstić information content (AvgIpc) is 3.43. The molecule has 1 aliphatic rings. The third-order valence-electron chi connectivity index (χ3n) is 6.86. The number of aromatic nitrogens is 2. The zero-order valence-corrected chi connectivity index (χ0v) is 22.9. The van der Waals surface area contributed by atoms with E-state index in [1.54, 1.807) is 31.2 Å². The third-order valence-corrected chi connectivity index (χ3v) is 7.46. The van der Waals surface area contributed by atoms with Crippen LogP contribution in [0.1, 0.15) is 65.1 Å². The molecule has 1 saturated heterocycles. The van der Waals surface area contributed by atoms with Gasteiger partial charge in [0, 0.05) is 17.0 Å². The van der Waals surface area contributed by atoms with Crippen LogP contribution in [0.4, 0.5) is 10.1 Å². The predicted molar refractivity (Wildman–Crippen MR) is 150 cm³/mol. The van der Waals surface area contributed by atoms with E-state index in [2.05, 4.69) is 37.7 Å². The van der Waals surface area contributed by atoms with E-state index in [9.17, 15) is 17.6 Å². The standard InChI is InChI=1S/C29H30FN5O4S/c1-18(19-10-12-23(30)13-11-19)32-27(36)21-15-22(17-24(16-21)35-40(2,37)38)28-33-34-29(39-28)26-25(9-6-14-31-26)20-7-4-3-5-8-20/h3-5,7-8,10-13,15-18,25-26,31,35H,6,9,14H2,1-2H3,(H,32,36)/t18-,25-,26-/m1/s1. The minimum Gasteiger partial charge on any atom is -0.419 e. The van der Waals surface area contributed by atoms with Crippen LogP contribution in [-0.2, 0) is 10.0 Å². The summed E-state index contributed by atoms with van der Waals surface area (Å²) in [6.45, 7) is 2.59. The molecule has 11 heteroatoms. The van der Waals surface area contributed by atoms with Gasteiger partial charge in [0.2, 0.25) is 21.8 Å². The highest BCUT2D eigenvalue weighted by atomic mass is 32.2. The van der Waals surface area contributed by atoms with Gasteiger partial charge in [0.15, 0.2) is 0 Å². The summed E-state index contributed by atoms with van der Waals surface area (Å²) in [5.41, 5.74) is 2.65. The molecule has 2 heterocycles. The molecule has 1 aromatic heterocycles. The summed E-state index contributed by atoms with van der Waals surface area (Å²) in [6.07, 6.45) is 3.01. The number of hydrogen-bond donors (Lipinski definition) is 3. The molecule has 0 aliphatic carbocycles. The van der Waals surface area contributed by atoms with Crippen molar-refractivity contribution in [3.05, 3.63) is 101 Å². The molecule has 9 nitrogen and oxygen atoms in total. The first-order valence-corrected chi connectivity index (χ1v) is 14.9. The van der Waals surface area contributed by atoms with Crippen LogP contribution in [0, 0.1) is 5.82 Å². The minimum absolute atomic E-state index is 0.149. The Bertz CT molecular complexity index is 1590. The Kier molecular flexibility index (Phi) is 7.95. The van der Waals surface area contributed by atoms with Crippen molar-refractivity contribution in [1.82, 2.24) is 20.8 Å². The molecular weight excluding hydrogens is 533 g/mol. The zero-order valence-electron chi connectivity index (χ0n) is 22.1. The van der Waals surface area contributed by atoms with Gasteiger partial charge in [-0.3, -0.25) is 9.52 Å². The van der Waals surface area contributed by atoms with Gasteiger partial charge in [0.1, 0.15) is 5.82 Å². The van der Waals surface area contributed by atoms with Gasteiger partial charge in [0.25, 0.3) is 5.91 Å². The SMILES string of the molecule is C[C@@H](NC(=O)c1cc(NS(C)(=O)=O)cc(-c2nnc([C@@H]3NCCC[C@@H]3c3ccccc3)o2)c1)c1ccc(F)cc1. The van der Waals surface area contributed by atoms with Gasteiger partial charge in [-0.25, -0.2) is 12.8 Å². The van der Waals surface area contributed by atoms with E-state index >= 15 is 0 Å². The Morgan fingerprint density at radius 2 is 1.82 bits per heavy atom. The molecule has 0 radical (unpaired) electrons. The molecular formula is C29H30FN5O4S. The van der Waals surface area contributed by atoms with Gasteiger partial charge in [-0.2, -0.15) is 0 Å². The fraction of sp³-hybridized carbons (Fsp3) is 0.276. The fourth-order valence-corrected chi connectivity index (χ4v) is 5.50. The van der Waals surface area contributed by atoms with E-state index < -0.39 is 22.0 Å². The van der Waals surface area contributed by atoms with Crippen LogP contribution in [0.2, 0.25) is 0 Å². The maximum atomic E-state index is 13.3. The van der Waals surface area contributed by atoms with Gasteiger partial charge in [-0.1, -0.05) is 42.5 Å². The van der Waals surface area contributed by atoms with Crippen LogP contribution in [-0.4, -0.2) is 37.3 Å². The lowest BCUT2D eigenvalue weighted by Crippen LogP contribution is -2.33. The average molecular weight is 564 g/mol. The highest BCUT2D eigenvalue weighted by Gasteiger charge is 2.32. The summed E-state index contributed by atoms with van der Waals surface area (Å²) in [4.78, 5) is 13.2. The molecule has 208 valence electrons. The molecule has 1 fully saturated rings. The largest absolute Gasteiger partial charge is 0.419 e. The molecule has 3 aromatic carbocycles. The second kappa shape index (κ2) is 11.6. The van der Waals surface area contributed by atoms with Crippen molar-refractivity contribution < 1.29 is 22.0 Å². The molecule has 3 atom stereocenters. The summed E-state index contributed by atoms with van der Waals surface area (Å²) in [5.74, 6) is -0.0966. The lowest BCUT2D eigenvalue weighted by atomic mass is 9.85. The molecule has 5 rings (SSSR count). The number of rotatable bonds is 8. The Balaban J connectivity index is 1.44. The quantitative estimate of drug-likeness (QED) is 0.277. The van der Waals surface area contributed by atoms with Crippen LogP contribution in [0.5, 0.6) is 0 Å². The second-order valence-corrected chi connectivity index (χ2v) is 11.7. The normalized spacial score (nSPS) is 18.2. The zero-order chi connectivity index (χ0) is 28.3. The van der Waals surface area contributed by atoms with E-state index in [1.807, 2.05) is 18.2 Å². The highest BCUT2D eigenvalue weighted by Crippen LogP contribution is 2.37. The lowest BCUT2D eigenvalue weighted by Gasteiger charge is -2.30. The molecule has 1 amide bonds. The number of sulfonamides is 1. The molecule has 40 heavy (non-hydrogen) atoms. The Morgan fingerprint density at radius 3 is 2.55 bits per heavy atom. The lowest BCUT2D eigenvalue weighted by molar-refractivity contribution is 0.0940. The van der Waals surface area contributed by atoms with Crippen molar-refractivity contribution in [3.8, 4) is 11.5 Å². The summed E-state index contributed by atoms with van der Waals surface area (Å²) < 4.78 is 45.9. The van der Waals surface area contributed by atoms with Crippen molar-refractivity contribution in [2.45, 2.75) is 37.8 Å². The number of carbonyl (C=O) groups is 1. The highest BCUT2D eigenvalue weighted by molar-refractivity contribution is 7.92. The van der Waals surface area contributed by atoms with Crippen molar-refractivity contribution in [2.75, 3.05) is 17.5 Å². The predicted octanol–water partition coefficient (Wildman–Crippen LogP) is 4.95. The first-order chi connectivity index (χ1) is 19.2. The van der Waals surface area contributed by atoms with Crippen molar-refractivity contribution in [1.29, 1.82) is 0 Å². The number of benzene rings is 3. The molecule has 3 N–H and O–H groups in total. The number of halogens is 1. The van der Waals surface area contributed by atoms with E-state index in [0.29, 0.717) is 11.5 Å².